The topological polar surface area (TPSA) is 78.3 Å². The van der Waals surface area contributed by atoms with Gasteiger partial charge < -0.3 is 14.8 Å². The molecule has 3 aromatic rings. The number of aromatic nitrogens is 3. The first-order valence-electron chi connectivity index (χ1n) is 10.8. The van der Waals surface area contributed by atoms with Crippen molar-refractivity contribution in [2.24, 2.45) is 0 Å². The molecule has 0 aliphatic carbocycles. The highest BCUT2D eigenvalue weighted by atomic mass is 35.5. The summed E-state index contributed by atoms with van der Waals surface area (Å²) >= 11 is 13.8. The number of carbonyl (C=O) groups excluding carboxylic acids is 1. The molecule has 1 aliphatic rings. The van der Waals surface area contributed by atoms with Crippen LogP contribution in [0.3, 0.4) is 0 Å². The molecule has 7 nitrogen and oxygen atoms in total. The smallest absolute Gasteiger partial charge is 0.338 e. The molecule has 1 unspecified atom stereocenters. The van der Waals surface area contributed by atoms with Crippen molar-refractivity contribution in [2.75, 3.05) is 17.7 Å². The van der Waals surface area contributed by atoms with E-state index in [2.05, 4.69) is 15.4 Å². The number of esters is 1. The van der Waals surface area contributed by atoms with Crippen molar-refractivity contribution in [1.29, 1.82) is 0 Å². The van der Waals surface area contributed by atoms with Crippen LogP contribution in [0.4, 0.5) is 5.95 Å². The van der Waals surface area contributed by atoms with E-state index in [1.807, 2.05) is 44.2 Å². The van der Waals surface area contributed by atoms with Crippen LogP contribution in [0.15, 0.2) is 58.9 Å². The normalized spacial score (nSPS) is 15.0. The molecular formula is C24H24Cl2N4O3S. The number of anilines is 1. The van der Waals surface area contributed by atoms with E-state index in [9.17, 15) is 4.79 Å². The third-order valence-corrected chi connectivity index (χ3v) is 6.49. The average molecular weight is 519 g/mol. The Hall–Kier alpha value is -2.68. The number of hydrogen-bond acceptors (Lipinski definition) is 7. The minimum absolute atomic E-state index is 0.272. The minimum atomic E-state index is -0.517. The maximum Gasteiger partial charge on any atom is 0.338 e. The van der Waals surface area contributed by atoms with Crippen LogP contribution < -0.4 is 10.1 Å². The Morgan fingerprint density at radius 3 is 2.76 bits per heavy atom. The number of thioether (sulfide) groups is 1. The van der Waals surface area contributed by atoms with Gasteiger partial charge in [-0.3, -0.25) is 0 Å². The van der Waals surface area contributed by atoms with Crippen molar-refractivity contribution in [3.05, 3.63) is 74.9 Å². The summed E-state index contributed by atoms with van der Waals surface area (Å²) in [5, 5.41) is 9.61. The van der Waals surface area contributed by atoms with Crippen LogP contribution in [0, 0.1) is 0 Å². The molecular weight excluding hydrogens is 495 g/mol. The second-order valence-electron chi connectivity index (χ2n) is 7.48. The summed E-state index contributed by atoms with van der Waals surface area (Å²) in [5.41, 5.74) is 2.80. The van der Waals surface area contributed by atoms with Gasteiger partial charge in [0, 0.05) is 21.3 Å². The number of allylic oxidation sites excluding steroid dienone is 1. The number of hydrogen-bond donors (Lipinski definition) is 1. The predicted molar refractivity (Wildman–Crippen MR) is 135 cm³/mol. The highest BCUT2D eigenvalue weighted by Crippen LogP contribution is 2.37. The molecule has 0 fully saturated rings. The molecule has 1 aliphatic heterocycles. The number of rotatable bonds is 8. The maximum absolute atomic E-state index is 13.0. The van der Waals surface area contributed by atoms with Gasteiger partial charge in [-0.05, 0) is 49.4 Å². The number of fused-ring (bicyclic) bond motifs is 1. The van der Waals surface area contributed by atoms with Gasteiger partial charge in [0.2, 0.25) is 11.1 Å². The van der Waals surface area contributed by atoms with E-state index in [0.717, 1.165) is 16.9 Å². The standard InChI is InChI=1S/C24H24Cl2N4O3S/c1-4-32-22(31)20-14(3)27-23-28-24(34-5-2)29-30(23)21(20)15-7-6-8-18(11-15)33-13-16-9-10-17(25)12-19(16)26/h6-12,21H,4-5,13H2,1-3H3,(H,27,28,29). The lowest BCUT2D eigenvalue weighted by Crippen LogP contribution is -2.29. The van der Waals surface area contributed by atoms with Gasteiger partial charge in [-0.2, -0.15) is 4.98 Å². The van der Waals surface area contributed by atoms with Crippen LogP contribution in [-0.2, 0) is 16.1 Å². The fourth-order valence-electron chi connectivity index (χ4n) is 3.68. The third-order valence-electron chi connectivity index (χ3n) is 5.19. The van der Waals surface area contributed by atoms with E-state index in [0.29, 0.717) is 38.2 Å². The number of ether oxygens (including phenoxy) is 2. The first kappa shape index (κ1) is 24.4. The maximum atomic E-state index is 13.0. The van der Waals surface area contributed by atoms with Gasteiger partial charge in [0.1, 0.15) is 18.4 Å². The molecule has 34 heavy (non-hydrogen) atoms. The van der Waals surface area contributed by atoms with E-state index in [4.69, 9.17) is 32.7 Å². The van der Waals surface area contributed by atoms with E-state index >= 15 is 0 Å². The Kier molecular flexibility index (Phi) is 7.70. The summed E-state index contributed by atoms with van der Waals surface area (Å²) in [7, 11) is 0. The van der Waals surface area contributed by atoms with Crippen molar-refractivity contribution in [2.45, 2.75) is 38.6 Å². The lowest BCUT2D eigenvalue weighted by Gasteiger charge is -2.28. The van der Waals surface area contributed by atoms with Crippen molar-refractivity contribution < 1.29 is 14.3 Å². The highest BCUT2D eigenvalue weighted by molar-refractivity contribution is 7.99. The van der Waals surface area contributed by atoms with E-state index in [1.165, 1.54) is 11.8 Å². The molecule has 0 radical (unpaired) electrons. The quantitative estimate of drug-likeness (QED) is 0.283. The van der Waals surface area contributed by atoms with Gasteiger partial charge in [-0.25, -0.2) is 9.48 Å². The lowest BCUT2D eigenvalue weighted by molar-refractivity contribution is -0.139. The predicted octanol–water partition coefficient (Wildman–Crippen LogP) is 6.13. The average Bonchev–Trinajstić information content (AvgIpc) is 3.20. The van der Waals surface area contributed by atoms with Gasteiger partial charge in [0.05, 0.1) is 12.2 Å². The third kappa shape index (κ3) is 5.19. The monoisotopic (exact) mass is 518 g/mol. The summed E-state index contributed by atoms with van der Waals surface area (Å²) in [4.78, 5) is 17.5. The number of halogens is 2. The van der Waals surface area contributed by atoms with Gasteiger partial charge in [-0.15, -0.1) is 5.10 Å². The van der Waals surface area contributed by atoms with E-state index in [1.54, 1.807) is 23.7 Å². The second-order valence-corrected chi connectivity index (χ2v) is 9.55. The number of nitrogens with zero attached hydrogens (tertiary/aromatic N) is 3. The fraction of sp³-hybridized carbons (Fsp3) is 0.292. The van der Waals surface area contributed by atoms with Crippen molar-refractivity contribution in [1.82, 2.24) is 14.8 Å². The Bertz CT molecular complexity index is 1240. The SMILES string of the molecule is CCOC(=O)C1=C(C)Nc2nc(SCC)nn2C1c1cccc(OCc2ccc(Cl)cc2Cl)c1. The van der Waals surface area contributed by atoms with Gasteiger partial charge in [-0.1, -0.05) is 60.1 Å². The molecule has 0 bridgehead atoms. The number of benzene rings is 2. The zero-order valence-corrected chi connectivity index (χ0v) is 21.3. The first-order valence-corrected chi connectivity index (χ1v) is 12.6. The fourth-order valence-corrected chi connectivity index (χ4v) is 4.70. The molecule has 0 spiro atoms. The van der Waals surface area contributed by atoms with Crippen molar-refractivity contribution in [3.63, 3.8) is 0 Å². The molecule has 10 heteroatoms. The Morgan fingerprint density at radius 1 is 1.21 bits per heavy atom. The van der Waals surface area contributed by atoms with E-state index in [-0.39, 0.29) is 13.2 Å². The molecule has 0 saturated heterocycles. The molecule has 1 atom stereocenters. The molecule has 0 amide bonds. The van der Waals surface area contributed by atoms with Crippen molar-refractivity contribution >= 4 is 46.9 Å². The zero-order valence-electron chi connectivity index (χ0n) is 19.0. The molecule has 2 aromatic carbocycles. The van der Waals surface area contributed by atoms with Crippen LogP contribution in [-0.4, -0.2) is 33.1 Å². The Labute approximate surface area is 212 Å². The van der Waals surface area contributed by atoms with Crippen LogP contribution >= 0.6 is 35.0 Å². The highest BCUT2D eigenvalue weighted by Gasteiger charge is 2.35. The summed E-state index contributed by atoms with van der Waals surface area (Å²) in [6.07, 6.45) is 0. The molecule has 1 N–H and O–H groups in total. The number of carbonyl (C=O) groups is 1. The minimum Gasteiger partial charge on any atom is -0.489 e. The van der Waals surface area contributed by atoms with Gasteiger partial charge in [0.15, 0.2) is 0 Å². The van der Waals surface area contributed by atoms with Crippen LogP contribution in [0.5, 0.6) is 5.75 Å². The summed E-state index contributed by atoms with van der Waals surface area (Å²) in [6.45, 7) is 6.21. The van der Waals surface area contributed by atoms with Gasteiger partial charge >= 0.3 is 5.97 Å². The van der Waals surface area contributed by atoms with E-state index < -0.39 is 12.0 Å². The first-order chi connectivity index (χ1) is 16.4. The lowest BCUT2D eigenvalue weighted by atomic mass is 9.95. The Balaban J connectivity index is 1.69. The molecule has 1 aromatic heterocycles. The molecule has 2 heterocycles. The molecule has 178 valence electrons. The zero-order chi connectivity index (χ0) is 24.2. The van der Waals surface area contributed by atoms with Crippen LogP contribution in [0.2, 0.25) is 10.0 Å². The van der Waals surface area contributed by atoms with Crippen molar-refractivity contribution in [3.8, 4) is 5.75 Å². The van der Waals surface area contributed by atoms with Gasteiger partial charge in [0.25, 0.3) is 0 Å². The summed E-state index contributed by atoms with van der Waals surface area (Å²) in [5.74, 6) is 1.64. The van der Waals surface area contributed by atoms with Crippen LogP contribution in [0.1, 0.15) is 37.9 Å². The summed E-state index contributed by atoms with van der Waals surface area (Å²) < 4.78 is 13.1. The summed E-state index contributed by atoms with van der Waals surface area (Å²) in [6, 6.07) is 12.3. The number of nitrogens with one attached hydrogen (secondary N) is 1. The molecule has 4 rings (SSSR count). The largest absolute Gasteiger partial charge is 0.489 e. The second kappa shape index (κ2) is 10.7. The van der Waals surface area contributed by atoms with Crippen LogP contribution in [0.25, 0.3) is 0 Å². The molecule has 0 saturated carbocycles. The Morgan fingerprint density at radius 2 is 2.03 bits per heavy atom.